The van der Waals surface area contributed by atoms with Crippen LogP contribution in [0.1, 0.15) is 38.2 Å². The fourth-order valence-electron chi connectivity index (χ4n) is 4.04. The molecule has 5 rings (SSSR count). The Kier molecular flexibility index (Phi) is 4.83. The van der Waals surface area contributed by atoms with Crippen LogP contribution in [-0.2, 0) is 13.1 Å². The smallest absolute Gasteiger partial charge is 0.232 e. The fourth-order valence-corrected chi connectivity index (χ4v) is 4.04. The molecule has 2 heterocycles. The summed E-state index contributed by atoms with van der Waals surface area (Å²) in [6.07, 6.45) is 1.65. The van der Waals surface area contributed by atoms with Gasteiger partial charge >= 0.3 is 0 Å². The van der Waals surface area contributed by atoms with E-state index in [2.05, 4.69) is 36.1 Å². The number of halogens is 1. The van der Waals surface area contributed by atoms with Crippen LogP contribution in [0.4, 0.5) is 4.39 Å². The number of ketones is 1. The zero-order valence-corrected chi connectivity index (χ0v) is 17.4. The summed E-state index contributed by atoms with van der Waals surface area (Å²) in [6.45, 7) is 5.81. The molecule has 0 bridgehead atoms. The van der Waals surface area contributed by atoms with Crippen LogP contribution in [0, 0.1) is 19.7 Å². The predicted octanol–water partition coefficient (Wildman–Crippen LogP) is 5.41. The number of hydrogen-bond donors (Lipinski definition) is 0. The van der Waals surface area contributed by atoms with Crippen molar-refractivity contribution in [2.24, 2.45) is 0 Å². The van der Waals surface area contributed by atoms with Gasteiger partial charge in [-0.15, -0.1) is 0 Å². The van der Waals surface area contributed by atoms with E-state index in [0.29, 0.717) is 30.2 Å². The van der Waals surface area contributed by atoms with Gasteiger partial charge in [-0.05, 0) is 54.8 Å². The van der Waals surface area contributed by atoms with Crippen LogP contribution in [0.3, 0.4) is 0 Å². The summed E-state index contributed by atoms with van der Waals surface area (Å²) in [4.78, 5) is 15.2. The minimum Gasteiger partial charge on any atom is -0.478 e. The van der Waals surface area contributed by atoms with E-state index < -0.39 is 0 Å². The molecule has 31 heavy (non-hydrogen) atoms. The molecule has 5 heteroatoms. The molecule has 3 aromatic rings. The summed E-state index contributed by atoms with van der Waals surface area (Å²) < 4.78 is 25.3. The van der Waals surface area contributed by atoms with Gasteiger partial charge in [0.05, 0.1) is 11.1 Å². The van der Waals surface area contributed by atoms with Gasteiger partial charge in [0.1, 0.15) is 24.0 Å². The Morgan fingerprint density at radius 2 is 1.81 bits per heavy atom. The molecule has 3 aromatic carbocycles. The summed E-state index contributed by atoms with van der Waals surface area (Å²) in [5.74, 6) is 1.10. The molecule has 0 saturated carbocycles. The van der Waals surface area contributed by atoms with Gasteiger partial charge in [0.2, 0.25) is 5.78 Å². The molecular weight excluding hydrogens is 393 g/mol. The van der Waals surface area contributed by atoms with Crippen LogP contribution in [0.25, 0.3) is 6.08 Å². The van der Waals surface area contributed by atoms with Crippen molar-refractivity contribution in [3.63, 3.8) is 0 Å². The highest BCUT2D eigenvalue weighted by Gasteiger charge is 2.35. The van der Waals surface area contributed by atoms with Gasteiger partial charge in [-0.25, -0.2) is 4.39 Å². The van der Waals surface area contributed by atoms with E-state index in [1.807, 2.05) is 13.0 Å². The SMILES string of the molecule is Cc1ccc(CN2COc3cc(C)c4c(c3C2)O/C(=C\c2ccc(F)cc2)C4=O)cc1. The molecule has 0 fully saturated rings. The molecule has 0 aliphatic carbocycles. The first kappa shape index (κ1) is 19.5. The maximum absolute atomic E-state index is 13.2. The third kappa shape index (κ3) is 3.73. The second-order valence-corrected chi connectivity index (χ2v) is 8.11. The molecule has 4 nitrogen and oxygen atoms in total. The Morgan fingerprint density at radius 3 is 2.55 bits per heavy atom. The standard InChI is InChI=1S/C26H22FNO3/c1-16-3-5-19(6-4-16)13-28-14-21-22(30-15-28)11-17(2)24-25(29)23(31-26(21)24)12-18-7-9-20(27)10-8-18/h3-12H,13-15H2,1-2H3/b23-12-. The van der Waals surface area contributed by atoms with E-state index in [-0.39, 0.29) is 17.4 Å². The summed E-state index contributed by atoms with van der Waals surface area (Å²) in [6, 6.07) is 16.3. The first-order valence-corrected chi connectivity index (χ1v) is 10.2. The molecule has 0 saturated heterocycles. The normalized spacial score (nSPS) is 16.6. The van der Waals surface area contributed by atoms with Crippen molar-refractivity contribution in [2.45, 2.75) is 26.9 Å². The lowest BCUT2D eigenvalue weighted by atomic mass is 9.98. The largest absolute Gasteiger partial charge is 0.478 e. The number of benzene rings is 3. The zero-order valence-electron chi connectivity index (χ0n) is 17.4. The zero-order chi connectivity index (χ0) is 21.5. The van der Waals surface area contributed by atoms with Gasteiger partial charge in [0.15, 0.2) is 5.76 Å². The minimum atomic E-state index is -0.320. The van der Waals surface area contributed by atoms with Crippen LogP contribution in [0.2, 0.25) is 0 Å². The van der Waals surface area contributed by atoms with E-state index in [1.165, 1.54) is 23.3 Å². The van der Waals surface area contributed by atoms with Crippen molar-refractivity contribution in [1.29, 1.82) is 0 Å². The van der Waals surface area contributed by atoms with E-state index in [4.69, 9.17) is 9.47 Å². The highest BCUT2D eigenvalue weighted by molar-refractivity contribution is 6.15. The van der Waals surface area contributed by atoms with E-state index in [1.54, 1.807) is 18.2 Å². The van der Waals surface area contributed by atoms with E-state index >= 15 is 0 Å². The number of allylic oxidation sites excluding steroid dienone is 1. The van der Waals surface area contributed by atoms with Gasteiger partial charge < -0.3 is 9.47 Å². The number of hydrogen-bond acceptors (Lipinski definition) is 4. The average Bonchev–Trinajstić information content (AvgIpc) is 3.09. The topological polar surface area (TPSA) is 38.8 Å². The fraction of sp³-hybridized carbons (Fsp3) is 0.192. The second-order valence-electron chi connectivity index (χ2n) is 8.11. The van der Waals surface area contributed by atoms with Gasteiger partial charge in [-0.2, -0.15) is 0 Å². The number of aryl methyl sites for hydroxylation is 2. The van der Waals surface area contributed by atoms with Gasteiger partial charge in [-0.1, -0.05) is 42.0 Å². The van der Waals surface area contributed by atoms with E-state index in [9.17, 15) is 9.18 Å². The molecule has 0 N–H and O–H groups in total. The van der Waals surface area contributed by atoms with Crippen molar-refractivity contribution in [2.75, 3.05) is 6.73 Å². The molecule has 156 valence electrons. The summed E-state index contributed by atoms with van der Waals surface area (Å²) in [7, 11) is 0. The highest BCUT2D eigenvalue weighted by atomic mass is 19.1. The maximum atomic E-state index is 13.2. The lowest BCUT2D eigenvalue weighted by Crippen LogP contribution is -2.31. The predicted molar refractivity (Wildman–Crippen MR) is 116 cm³/mol. The third-order valence-corrected chi connectivity index (χ3v) is 5.68. The molecular formula is C26H22FNO3. The van der Waals surface area contributed by atoms with Crippen LogP contribution >= 0.6 is 0 Å². The highest BCUT2D eigenvalue weighted by Crippen LogP contribution is 2.44. The van der Waals surface area contributed by atoms with Crippen LogP contribution in [-0.4, -0.2) is 17.4 Å². The monoisotopic (exact) mass is 415 g/mol. The van der Waals surface area contributed by atoms with Gasteiger partial charge in [0.25, 0.3) is 0 Å². The minimum absolute atomic E-state index is 0.157. The first-order valence-electron chi connectivity index (χ1n) is 10.2. The Hall–Kier alpha value is -3.44. The molecule has 0 amide bonds. The molecule has 0 atom stereocenters. The number of ether oxygens (including phenoxy) is 2. The van der Waals surface area contributed by atoms with Crippen LogP contribution in [0.5, 0.6) is 11.5 Å². The van der Waals surface area contributed by atoms with Crippen LogP contribution < -0.4 is 9.47 Å². The lowest BCUT2D eigenvalue weighted by molar-refractivity contribution is 0.0872. The Balaban J connectivity index is 1.45. The Labute approximate surface area is 180 Å². The number of rotatable bonds is 3. The maximum Gasteiger partial charge on any atom is 0.232 e. The van der Waals surface area contributed by atoms with Gasteiger partial charge in [0, 0.05) is 13.1 Å². The molecule has 0 aromatic heterocycles. The number of carbonyl (C=O) groups is 1. The summed E-state index contributed by atoms with van der Waals surface area (Å²) in [5.41, 5.74) is 5.43. The van der Waals surface area contributed by atoms with Crippen molar-refractivity contribution < 1.29 is 18.7 Å². The molecule has 0 unspecified atom stereocenters. The number of nitrogens with zero attached hydrogens (tertiary/aromatic N) is 1. The van der Waals surface area contributed by atoms with Crippen molar-refractivity contribution in [1.82, 2.24) is 4.90 Å². The molecule has 0 radical (unpaired) electrons. The summed E-state index contributed by atoms with van der Waals surface area (Å²) in [5, 5.41) is 0. The average molecular weight is 415 g/mol. The molecule has 0 spiro atoms. The van der Waals surface area contributed by atoms with Crippen molar-refractivity contribution >= 4 is 11.9 Å². The van der Waals surface area contributed by atoms with Gasteiger partial charge in [-0.3, -0.25) is 9.69 Å². The molecule has 2 aliphatic heterocycles. The Morgan fingerprint density at radius 1 is 1.06 bits per heavy atom. The second kappa shape index (κ2) is 7.67. The third-order valence-electron chi connectivity index (χ3n) is 5.68. The first-order chi connectivity index (χ1) is 15.0. The van der Waals surface area contributed by atoms with Crippen molar-refractivity contribution in [3.8, 4) is 11.5 Å². The summed E-state index contributed by atoms with van der Waals surface area (Å²) >= 11 is 0. The lowest BCUT2D eigenvalue weighted by Gasteiger charge is -2.30. The van der Waals surface area contributed by atoms with Crippen LogP contribution in [0.15, 0.2) is 60.4 Å². The Bertz CT molecular complexity index is 1200. The molecule has 2 aliphatic rings. The van der Waals surface area contributed by atoms with E-state index in [0.717, 1.165) is 23.4 Å². The number of fused-ring (bicyclic) bond motifs is 3. The quantitative estimate of drug-likeness (QED) is 0.536. The van der Waals surface area contributed by atoms with Crippen molar-refractivity contribution in [3.05, 3.63) is 99.6 Å². The number of carbonyl (C=O) groups excluding carboxylic acids is 1. The number of Topliss-reactive ketones (excluding diaryl/α,β-unsaturated/α-hetero) is 1.